The normalized spacial score (nSPS) is 17.5. The van der Waals surface area contributed by atoms with Crippen LogP contribution in [0.25, 0.3) is 6.08 Å². The van der Waals surface area contributed by atoms with Crippen LogP contribution in [0.2, 0.25) is 0 Å². The number of amides is 1. The Morgan fingerprint density at radius 3 is 2.81 bits per heavy atom. The van der Waals surface area contributed by atoms with E-state index in [-0.39, 0.29) is 12.5 Å². The van der Waals surface area contributed by atoms with Crippen LogP contribution in [0.1, 0.15) is 30.9 Å². The number of carbonyl (C=O) groups excluding carboxylic acids is 1. The lowest BCUT2D eigenvalue weighted by atomic mass is 9.97. The van der Waals surface area contributed by atoms with E-state index in [9.17, 15) is 9.90 Å². The molecule has 4 nitrogen and oxygen atoms in total. The number of benzene rings is 1. The molecule has 0 saturated heterocycles. The van der Waals surface area contributed by atoms with Crippen molar-refractivity contribution in [1.82, 2.24) is 5.32 Å². The third-order valence-corrected chi connectivity index (χ3v) is 4.02. The molecule has 1 atom stereocenters. The van der Waals surface area contributed by atoms with Gasteiger partial charge in [-0.2, -0.15) is 0 Å². The second-order valence-electron chi connectivity index (χ2n) is 5.92. The first-order valence-corrected chi connectivity index (χ1v) is 7.24. The van der Waals surface area contributed by atoms with Crippen LogP contribution in [-0.4, -0.2) is 30.3 Å². The first-order valence-electron chi connectivity index (χ1n) is 7.24. The number of rotatable bonds is 6. The van der Waals surface area contributed by atoms with E-state index in [4.69, 9.17) is 4.74 Å². The summed E-state index contributed by atoms with van der Waals surface area (Å²) in [7, 11) is 1.61. The maximum atomic E-state index is 12.1. The first-order chi connectivity index (χ1) is 9.98. The van der Waals surface area contributed by atoms with Crippen molar-refractivity contribution in [2.45, 2.75) is 32.2 Å². The van der Waals surface area contributed by atoms with Crippen LogP contribution in [0, 0.1) is 12.8 Å². The Labute approximate surface area is 125 Å². The standard InChI is InChI=1S/C17H23NO3/c1-12-4-8-15(21-3)13(10-12)5-9-16(20)18-17(2,11-19)14-6-7-14/h4-5,8-10,14,19H,6-7,11H2,1-3H3,(H,18,20)/b9-5+. The van der Waals surface area contributed by atoms with Gasteiger partial charge in [0.1, 0.15) is 5.75 Å². The van der Waals surface area contributed by atoms with Crippen LogP contribution in [0.15, 0.2) is 24.3 Å². The third-order valence-electron chi connectivity index (χ3n) is 4.02. The Kier molecular flexibility index (Phi) is 4.68. The van der Waals surface area contributed by atoms with Crippen LogP contribution < -0.4 is 10.1 Å². The van der Waals surface area contributed by atoms with Crippen molar-refractivity contribution in [1.29, 1.82) is 0 Å². The number of aryl methyl sites for hydroxylation is 1. The molecule has 1 aromatic rings. The summed E-state index contributed by atoms with van der Waals surface area (Å²) in [5, 5.41) is 12.4. The lowest BCUT2D eigenvalue weighted by molar-refractivity contribution is -0.119. The van der Waals surface area contributed by atoms with E-state index in [2.05, 4.69) is 5.32 Å². The van der Waals surface area contributed by atoms with Gasteiger partial charge in [0.25, 0.3) is 0 Å². The van der Waals surface area contributed by atoms with Crippen LogP contribution in [-0.2, 0) is 4.79 Å². The van der Waals surface area contributed by atoms with Crippen molar-refractivity contribution in [3.05, 3.63) is 35.4 Å². The molecule has 0 spiro atoms. The number of aliphatic hydroxyl groups excluding tert-OH is 1. The fraction of sp³-hybridized carbons (Fsp3) is 0.471. The van der Waals surface area contributed by atoms with Gasteiger partial charge >= 0.3 is 0 Å². The van der Waals surface area contributed by atoms with Gasteiger partial charge in [0, 0.05) is 11.6 Å². The van der Waals surface area contributed by atoms with Gasteiger partial charge < -0.3 is 15.2 Å². The van der Waals surface area contributed by atoms with E-state index in [1.54, 1.807) is 13.2 Å². The minimum Gasteiger partial charge on any atom is -0.496 e. The van der Waals surface area contributed by atoms with Crippen LogP contribution in [0.3, 0.4) is 0 Å². The zero-order valence-electron chi connectivity index (χ0n) is 12.8. The first kappa shape index (κ1) is 15.6. The van der Waals surface area contributed by atoms with Gasteiger partial charge in [0.05, 0.1) is 19.3 Å². The third kappa shape index (κ3) is 3.85. The van der Waals surface area contributed by atoms with Gasteiger partial charge in [-0.05, 0) is 50.8 Å². The summed E-state index contributed by atoms with van der Waals surface area (Å²) in [6.45, 7) is 3.85. The summed E-state index contributed by atoms with van der Waals surface area (Å²) < 4.78 is 5.28. The van der Waals surface area contributed by atoms with E-state index in [0.717, 1.165) is 29.7 Å². The Balaban J connectivity index is 2.06. The number of ether oxygens (including phenoxy) is 1. The number of hydrogen-bond acceptors (Lipinski definition) is 3. The topological polar surface area (TPSA) is 58.6 Å². The fourth-order valence-corrected chi connectivity index (χ4v) is 2.46. The van der Waals surface area contributed by atoms with Gasteiger partial charge in [-0.25, -0.2) is 0 Å². The lowest BCUT2D eigenvalue weighted by Crippen LogP contribution is -2.50. The predicted molar refractivity (Wildman–Crippen MR) is 83.1 cm³/mol. The average Bonchev–Trinajstić information content (AvgIpc) is 3.30. The molecule has 0 heterocycles. The number of carbonyl (C=O) groups is 1. The highest BCUT2D eigenvalue weighted by Crippen LogP contribution is 2.39. The van der Waals surface area contributed by atoms with Crippen LogP contribution in [0.5, 0.6) is 5.75 Å². The van der Waals surface area contributed by atoms with Gasteiger partial charge in [-0.1, -0.05) is 11.6 Å². The molecule has 0 radical (unpaired) electrons. The van der Waals surface area contributed by atoms with E-state index >= 15 is 0 Å². The molecule has 1 aliphatic rings. The minimum absolute atomic E-state index is 0.0367. The quantitative estimate of drug-likeness (QED) is 0.790. The monoisotopic (exact) mass is 289 g/mol. The van der Waals surface area contributed by atoms with Gasteiger partial charge in [0.2, 0.25) is 5.91 Å². The molecule has 1 aromatic carbocycles. The Morgan fingerprint density at radius 1 is 1.52 bits per heavy atom. The van der Waals surface area contributed by atoms with E-state index < -0.39 is 5.54 Å². The van der Waals surface area contributed by atoms with E-state index in [1.165, 1.54) is 6.08 Å². The summed E-state index contributed by atoms with van der Waals surface area (Å²) in [6, 6.07) is 5.82. The molecular formula is C17H23NO3. The molecule has 1 amide bonds. The molecular weight excluding hydrogens is 266 g/mol. The maximum Gasteiger partial charge on any atom is 0.244 e. The highest BCUT2D eigenvalue weighted by molar-refractivity contribution is 5.92. The minimum atomic E-state index is -0.516. The number of methoxy groups -OCH3 is 1. The van der Waals surface area contributed by atoms with Crippen LogP contribution >= 0.6 is 0 Å². The molecule has 1 unspecified atom stereocenters. The second-order valence-corrected chi connectivity index (χ2v) is 5.92. The zero-order chi connectivity index (χ0) is 15.5. The predicted octanol–water partition coefficient (Wildman–Crippen LogP) is 2.29. The maximum absolute atomic E-state index is 12.1. The second kappa shape index (κ2) is 6.31. The fourth-order valence-electron chi connectivity index (χ4n) is 2.46. The number of hydrogen-bond donors (Lipinski definition) is 2. The summed E-state index contributed by atoms with van der Waals surface area (Å²) in [5.41, 5.74) is 1.46. The zero-order valence-corrected chi connectivity index (χ0v) is 12.8. The lowest BCUT2D eigenvalue weighted by Gasteiger charge is -2.28. The molecule has 21 heavy (non-hydrogen) atoms. The molecule has 2 rings (SSSR count). The average molecular weight is 289 g/mol. The van der Waals surface area contributed by atoms with Crippen molar-refractivity contribution in [2.24, 2.45) is 5.92 Å². The summed E-state index contributed by atoms with van der Waals surface area (Å²) >= 11 is 0. The molecule has 0 aromatic heterocycles. The van der Waals surface area contributed by atoms with Crippen molar-refractivity contribution in [3.8, 4) is 5.75 Å². The van der Waals surface area contributed by atoms with E-state index in [1.807, 2.05) is 32.0 Å². The molecule has 1 aliphatic carbocycles. The van der Waals surface area contributed by atoms with Gasteiger partial charge in [-0.3, -0.25) is 4.79 Å². The number of nitrogens with one attached hydrogen (secondary N) is 1. The van der Waals surface area contributed by atoms with Crippen molar-refractivity contribution >= 4 is 12.0 Å². The number of aliphatic hydroxyl groups is 1. The molecule has 1 saturated carbocycles. The van der Waals surface area contributed by atoms with Crippen molar-refractivity contribution < 1.29 is 14.6 Å². The molecule has 0 bridgehead atoms. The smallest absolute Gasteiger partial charge is 0.244 e. The molecule has 2 N–H and O–H groups in total. The van der Waals surface area contributed by atoms with E-state index in [0.29, 0.717) is 5.92 Å². The highest BCUT2D eigenvalue weighted by Gasteiger charge is 2.41. The van der Waals surface area contributed by atoms with Gasteiger partial charge in [-0.15, -0.1) is 0 Å². The molecule has 0 aliphatic heterocycles. The summed E-state index contributed by atoms with van der Waals surface area (Å²) in [4.78, 5) is 12.1. The van der Waals surface area contributed by atoms with Crippen LogP contribution in [0.4, 0.5) is 0 Å². The molecule has 114 valence electrons. The van der Waals surface area contributed by atoms with Crippen molar-refractivity contribution in [3.63, 3.8) is 0 Å². The van der Waals surface area contributed by atoms with Gasteiger partial charge in [0.15, 0.2) is 0 Å². The Hall–Kier alpha value is -1.81. The Morgan fingerprint density at radius 2 is 2.24 bits per heavy atom. The SMILES string of the molecule is COc1ccc(C)cc1/C=C/C(=O)NC(C)(CO)C1CC1. The summed E-state index contributed by atoms with van der Waals surface area (Å²) in [5.74, 6) is 0.923. The Bertz CT molecular complexity index is 549. The van der Waals surface area contributed by atoms with Crippen molar-refractivity contribution in [2.75, 3.05) is 13.7 Å². The largest absolute Gasteiger partial charge is 0.496 e. The summed E-state index contributed by atoms with van der Waals surface area (Å²) in [6.07, 6.45) is 5.36. The molecule has 1 fully saturated rings. The highest BCUT2D eigenvalue weighted by atomic mass is 16.5. The molecule has 4 heteroatoms.